The van der Waals surface area contributed by atoms with Crippen molar-refractivity contribution in [3.8, 4) is 6.07 Å². The summed E-state index contributed by atoms with van der Waals surface area (Å²) in [4.78, 5) is 30.8. The van der Waals surface area contributed by atoms with Crippen LogP contribution in [0.15, 0.2) is 9.70 Å². The zero-order chi connectivity index (χ0) is 24.0. The Hall–Kier alpha value is -2.11. The molecule has 6 nitrogen and oxygen atoms in total. The lowest BCUT2D eigenvalue weighted by atomic mass is 10.0. The van der Waals surface area contributed by atoms with Crippen LogP contribution >= 0.6 is 24.0 Å². The Bertz CT molecular complexity index is 1030. The summed E-state index contributed by atoms with van der Waals surface area (Å²) >= 11 is 6.85. The van der Waals surface area contributed by atoms with E-state index in [4.69, 9.17) is 12.2 Å². The van der Waals surface area contributed by atoms with Crippen LogP contribution in [0, 0.1) is 18.3 Å². The highest BCUT2D eigenvalue weighted by molar-refractivity contribution is 8.26. The van der Waals surface area contributed by atoms with Gasteiger partial charge < -0.3 is 4.90 Å². The van der Waals surface area contributed by atoms with Gasteiger partial charge in [0.05, 0.1) is 4.91 Å². The van der Waals surface area contributed by atoms with Gasteiger partial charge in [-0.2, -0.15) is 5.26 Å². The number of carbonyl (C=O) groups excluding carboxylic acids is 1. The third-order valence-electron chi connectivity index (χ3n) is 6.45. The predicted octanol–water partition coefficient (Wildman–Crippen LogP) is 5.21. The summed E-state index contributed by atoms with van der Waals surface area (Å²) in [5.74, 6) is 0.751. The predicted molar refractivity (Wildman–Crippen MR) is 141 cm³/mol. The highest BCUT2D eigenvalue weighted by Gasteiger charge is 2.33. The molecule has 33 heavy (non-hydrogen) atoms. The molecule has 2 saturated heterocycles. The summed E-state index contributed by atoms with van der Waals surface area (Å²) in [5, 5.41) is 9.70. The van der Waals surface area contributed by atoms with Crippen molar-refractivity contribution in [2.24, 2.45) is 0 Å². The second-order valence-electron chi connectivity index (χ2n) is 8.69. The maximum absolute atomic E-state index is 13.2. The molecule has 2 aliphatic heterocycles. The molecule has 0 aliphatic carbocycles. The SMILES string of the molecule is CCCCCCCN1C(=O)C(=Cc2c(C)c(C#N)c(=O)n(CC)c2N2CCCCC2)SC1=S. The number of pyridine rings is 1. The maximum atomic E-state index is 13.2. The van der Waals surface area contributed by atoms with Crippen LogP contribution in [0.1, 0.15) is 81.9 Å². The standard InChI is InChI=1S/C25H34N4O2S2/c1-4-6-7-8-12-15-29-24(31)21(33-25(29)32)16-19-18(3)20(17-26)23(30)28(5-2)22(19)27-13-10-9-11-14-27/h16H,4-15H2,1-3H3. The first kappa shape index (κ1) is 25.5. The molecule has 0 bridgehead atoms. The highest BCUT2D eigenvalue weighted by atomic mass is 32.2. The van der Waals surface area contributed by atoms with E-state index in [9.17, 15) is 14.9 Å². The first-order valence-corrected chi connectivity index (χ1v) is 13.3. The van der Waals surface area contributed by atoms with Crippen LogP contribution in [0.2, 0.25) is 0 Å². The third kappa shape index (κ3) is 5.52. The van der Waals surface area contributed by atoms with E-state index in [0.29, 0.717) is 27.9 Å². The van der Waals surface area contributed by atoms with Gasteiger partial charge in [0.1, 0.15) is 21.8 Å². The number of nitriles is 1. The number of thiocarbonyl (C=S) groups is 1. The zero-order valence-electron chi connectivity index (χ0n) is 20.0. The van der Waals surface area contributed by atoms with Crippen molar-refractivity contribution in [1.82, 2.24) is 9.47 Å². The second-order valence-corrected chi connectivity index (χ2v) is 10.4. The van der Waals surface area contributed by atoms with Crippen molar-refractivity contribution in [3.63, 3.8) is 0 Å². The monoisotopic (exact) mass is 486 g/mol. The summed E-state index contributed by atoms with van der Waals surface area (Å²) in [6.07, 6.45) is 10.8. The molecular weight excluding hydrogens is 452 g/mol. The number of aromatic nitrogens is 1. The van der Waals surface area contributed by atoms with Crippen LogP contribution in [0.4, 0.5) is 5.82 Å². The molecule has 3 heterocycles. The molecule has 178 valence electrons. The number of amides is 1. The van der Waals surface area contributed by atoms with E-state index >= 15 is 0 Å². The molecule has 0 unspecified atom stereocenters. The van der Waals surface area contributed by atoms with E-state index in [-0.39, 0.29) is 17.0 Å². The maximum Gasteiger partial charge on any atom is 0.270 e. The number of hydrogen-bond donors (Lipinski definition) is 0. The van der Waals surface area contributed by atoms with Gasteiger partial charge in [0.25, 0.3) is 11.5 Å². The van der Waals surface area contributed by atoms with Crippen LogP contribution in [0.3, 0.4) is 0 Å². The molecular formula is C25H34N4O2S2. The lowest BCUT2D eigenvalue weighted by Gasteiger charge is -2.33. The van der Waals surface area contributed by atoms with Crippen LogP contribution in [0.25, 0.3) is 6.08 Å². The van der Waals surface area contributed by atoms with Crippen LogP contribution in [-0.4, -0.2) is 39.3 Å². The van der Waals surface area contributed by atoms with Gasteiger partial charge in [-0.25, -0.2) is 0 Å². The van der Waals surface area contributed by atoms with E-state index in [2.05, 4.69) is 17.9 Å². The van der Waals surface area contributed by atoms with Crippen LogP contribution < -0.4 is 10.5 Å². The average Bonchev–Trinajstić information content (AvgIpc) is 3.08. The largest absolute Gasteiger partial charge is 0.357 e. The fraction of sp³-hybridized carbons (Fsp3) is 0.600. The highest BCUT2D eigenvalue weighted by Crippen LogP contribution is 2.36. The minimum Gasteiger partial charge on any atom is -0.357 e. The molecule has 1 amide bonds. The second kappa shape index (κ2) is 11.8. The number of hydrogen-bond acceptors (Lipinski definition) is 6. The third-order valence-corrected chi connectivity index (χ3v) is 7.83. The van der Waals surface area contributed by atoms with Gasteiger partial charge in [-0.05, 0) is 51.2 Å². The lowest BCUT2D eigenvalue weighted by molar-refractivity contribution is -0.122. The normalized spacial score (nSPS) is 17.8. The Morgan fingerprint density at radius 2 is 1.79 bits per heavy atom. The van der Waals surface area contributed by atoms with E-state index in [1.54, 1.807) is 9.47 Å². The Morgan fingerprint density at radius 1 is 1.09 bits per heavy atom. The Kier molecular flexibility index (Phi) is 9.16. The summed E-state index contributed by atoms with van der Waals surface area (Å²) in [5.41, 5.74) is 1.32. The molecule has 1 aromatic heterocycles. The van der Waals surface area contributed by atoms with Crippen molar-refractivity contribution in [2.75, 3.05) is 24.5 Å². The Labute approximate surface area is 206 Å². The quantitative estimate of drug-likeness (QED) is 0.271. The molecule has 0 aromatic carbocycles. The minimum atomic E-state index is -0.255. The Balaban J connectivity index is 1.99. The molecule has 2 fully saturated rings. The van der Waals surface area contributed by atoms with E-state index < -0.39 is 0 Å². The van der Waals surface area contributed by atoms with Gasteiger partial charge in [-0.1, -0.05) is 56.6 Å². The van der Waals surface area contributed by atoms with Gasteiger partial charge in [-0.3, -0.25) is 19.1 Å². The minimum absolute atomic E-state index is 0.0720. The van der Waals surface area contributed by atoms with Crippen LogP contribution in [0.5, 0.6) is 0 Å². The molecule has 0 N–H and O–H groups in total. The van der Waals surface area contributed by atoms with Gasteiger partial charge in [-0.15, -0.1) is 0 Å². The van der Waals surface area contributed by atoms with E-state index in [1.165, 1.54) is 37.4 Å². The fourth-order valence-electron chi connectivity index (χ4n) is 4.58. The molecule has 2 aliphatic rings. The van der Waals surface area contributed by atoms with Gasteiger partial charge in [0, 0.05) is 31.7 Å². The Morgan fingerprint density at radius 3 is 2.42 bits per heavy atom. The van der Waals surface area contributed by atoms with Gasteiger partial charge in [0.15, 0.2) is 0 Å². The first-order valence-electron chi connectivity index (χ1n) is 12.1. The molecule has 0 spiro atoms. The summed E-state index contributed by atoms with van der Waals surface area (Å²) in [6, 6.07) is 2.10. The molecule has 0 radical (unpaired) electrons. The average molecular weight is 487 g/mol. The van der Waals surface area contributed by atoms with Crippen molar-refractivity contribution in [2.45, 2.75) is 78.7 Å². The molecule has 3 rings (SSSR count). The molecule has 1 aromatic rings. The number of unbranched alkanes of at least 4 members (excludes halogenated alkanes) is 4. The first-order chi connectivity index (χ1) is 15.9. The molecule has 8 heteroatoms. The van der Waals surface area contributed by atoms with E-state index in [1.807, 2.05) is 19.9 Å². The summed E-state index contributed by atoms with van der Waals surface area (Å²) < 4.78 is 2.28. The topological polar surface area (TPSA) is 69.3 Å². The van der Waals surface area contributed by atoms with Gasteiger partial charge >= 0.3 is 0 Å². The van der Waals surface area contributed by atoms with Crippen LogP contribution in [-0.2, 0) is 11.3 Å². The van der Waals surface area contributed by atoms with Gasteiger partial charge in [0.2, 0.25) is 0 Å². The number of thioether (sulfide) groups is 1. The number of anilines is 1. The number of nitrogens with zero attached hydrogens (tertiary/aromatic N) is 4. The van der Waals surface area contributed by atoms with Crippen molar-refractivity contribution in [1.29, 1.82) is 5.26 Å². The smallest absolute Gasteiger partial charge is 0.270 e. The lowest BCUT2D eigenvalue weighted by Crippen LogP contribution is -2.37. The van der Waals surface area contributed by atoms with Crippen molar-refractivity contribution in [3.05, 3.63) is 31.9 Å². The van der Waals surface area contributed by atoms with Crippen molar-refractivity contribution >= 4 is 46.1 Å². The summed E-state index contributed by atoms with van der Waals surface area (Å²) in [6.45, 7) is 8.77. The summed E-state index contributed by atoms with van der Waals surface area (Å²) in [7, 11) is 0. The number of carbonyl (C=O) groups is 1. The molecule has 0 atom stereocenters. The number of rotatable bonds is 9. The van der Waals surface area contributed by atoms with E-state index in [0.717, 1.165) is 50.2 Å². The zero-order valence-corrected chi connectivity index (χ0v) is 21.6. The number of piperidine rings is 1. The van der Waals surface area contributed by atoms with Crippen molar-refractivity contribution < 1.29 is 4.79 Å². The molecule has 0 saturated carbocycles. The fourth-order valence-corrected chi connectivity index (χ4v) is 5.87.